The van der Waals surface area contributed by atoms with E-state index in [0.717, 1.165) is 6.42 Å². The van der Waals surface area contributed by atoms with E-state index in [4.69, 9.17) is 5.11 Å². The van der Waals surface area contributed by atoms with Gasteiger partial charge in [0.15, 0.2) is 0 Å². The molecule has 1 N–H and O–H groups in total. The third-order valence-corrected chi connectivity index (χ3v) is 3.69. The molecule has 0 bridgehead atoms. The maximum atomic E-state index is 10.5. The monoisotopic (exact) mass is 170 g/mol. The van der Waals surface area contributed by atoms with Crippen LogP contribution in [-0.2, 0) is 4.79 Å². The smallest absolute Gasteiger partial charge is 0.303 e. The van der Waals surface area contributed by atoms with Gasteiger partial charge >= 0.3 is 5.97 Å². The molecule has 2 heteroatoms. The average Bonchev–Trinajstić information content (AvgIpc) is 2.15. The number of carboxylic acids is 1. The Labute approximate surface area is 74.0 Å². The Morgan fingerprint density at radius 3 is 2.42 bits per heavy atom. The van der Waals surface area contributed by atoms with Crippen LogP contribution in [0.4, 0.5) is 0 Å². The van der Waals surface area contributed by atoms with Crippen molar-refractivity contribution in [2.24, 2.45) is 17.3 Å². The van der Waals surface area contributed by atoms with E-state index in [0.29, 0.717) is 18.3 Å². The fourth-order valence-corrected chi connectivity index (χ4v) is 2.17. The standard InChI is InChI=1S/C10H18O2/c1-7-4-5-8(6-9(11)12)10(7,2)3/h7-8H,4-6H2,1-3H3,(H,11,12)/t7-,8+/m0/s1. The number of rotatable bonds is 2. The molecule has 0 radical (unpaired) electrons. The zero-order valence-corrected chi connectivity index (χ0v) is 8.13. The highest BCUT2D eigenvalue weighted by Crippen LogP contribution is 2.48. The van der Waals surface area contributed by atoms with Gasteiger partial charge in [-0.25, -0.2) is 0 Å². The van der Waals surface area contributed by atoms with Crippen LogP contribution < -0.4 is 0 Å². The van der Waals surface area contributed by atoms with E-state index in [2.05, 4.69) is 20.8 Å². The van der Waals surface area contributed by atoms with E-state index in [-0.39, 0.29) is 5.41 Å². The second-order valence-corrected chi connectivity index (χ2v) is 4.59. The second kappa shape index (κ2) is 3.08. The molecule has 0 amide bonds. The van der Waals surface area contributed by atoms with E-state index < -0.39 is 5.97 Å². The zero-order chi connectivity index (χ0) is 9.35. The summed E-state index contributed by atoms with van der Waals surface area (Å²) in [6, 6.07) is 0. The van der Waals surface area contributed by atoms with Crippen molar-refractivity contribution >= 4 is 5.97 Å². The molecule has 0 heterocycles. The van der Waals surface area contributed by atoms with E-state index in [1.807, 2.05) is 0 Å². The normalized spacial score (nSPS) is 33.6. The minimum absolute atomic E-state index is 0.221. The largest absolute Gasteiger partial charge is 0.481 e. The van der Waals surface area contributed by atoms with Crippen LogP contribution in [0.1, 0.15) is 40.0 Å². The minimum atomic E-state index is -0.651. The van der Waals surface area contributed by atoms with Gasteiger partial charge in [-0.05, 0) is 30.1 Å². The Morgan fingerprint density at radius 1 is 1.50 bits per heavy atom. The lowest BCUT2D eigenvalue weighted by atomic mass is 9.75. The van der Waals surface area contributed by atoms with Gasteiger partial charge in [0, 0.05) is 6.42 Å². The van der Waals surface area contributed by atoms with Crippen molar-refractivity contribution in [3.05, 3.63) is 0 Å². The molecule has 1 fully saturated rings. The van der Waals surface area contributed by atoms with Crippen LogP contribution >= 0.6 is 0 Å². The molecule has 1 saturated carbocycles. The van der Waals surface area contributed by atoms with Gasteiger partial charge in [-0.2, -0.15) is 0 Å². The van der Waals surface area contributed by atoms with E-state index in [1.165, 1.54) is 6.42 Å². The summed E-state index contributed by atoms with van der Waals surface area (Å²) < 4.78 is 0. The first-order chi connectivity index (χ1) is 5.44. The summed E-state index contributed by atoms with van der Waals surface area (Å²) in [7, 11) is 0. The highest BCUT2D eigenvalue weighted by Gasteiger charge is 2.40. The lowest BCUT2D eigenvalue weighted by molar-refractivity contribution is -0.139. The van der Waals surface area contributed by atoms with Crippen molar-refractivity contribution in [3.63, 3.8) is 0 Å². The Hall–Kier alpha value is -0.530. The van der Waals surface area contributed by atoms with Crippen molar-refractivity contribution in [2.75, 3.05) is 0 Å². The number of carbonyl (C=O) groups is 1. The SMILES string of the molecule is C[C@H]1CC[C@H](CC(=O)O)C1(C)C. The predicted octanol–water partition coefficient (Wildman–Crippen LogP) is 2.53. The van der Waals surface area contributed by atoms with Gasteiger partial charge < -0.3 is 5.11 Å². The van der Waals surface area contributed by atoms with Crippen LogP contribution in [0.3, 0.4) is 0 Å². The van der Waals surface area contributed by atoms with E-state index in [1.54, 1.807) is 0 Å². The maximum absolute atomic E-state index is 10.5. The average molecular weight is 170 g/mol. The van der Waals surface area contributed by atoms with Gasteiger partial charge in [-0.15, -0.1) is 0 Å². The van der Waals surface area contributed by atoms with Crippen molar-refractivity contribution in [3.8, 4) is 0 Å². The summed E-state index contributed by atoms with van der Waals surface area (Å²) in [6.07, 6.45) is 2.61. The molecular weight excluding hydrogens is 152 g/mol. The third-order valence-electron chi connectivity index (χ3n) is 3.69. The topological polar surface area (TPSA) is 37.3 Å². The molecule has 0 spiro atoms. The third kappa shape index (κ3) is 1.62. The second-order valence-electron chi connectivity index (χ2n) is 4.59. The van der Waals surface area contributed by atoms with Crippen molar-refractivity contribution in [2.45, 2.75) is 40.0 Å². The fraction of sp³-hybridized carbons (Fsp3) is 0.900. The summed E-state index contributed by atoms with van der Waals surface area (Å²) in [5.41, 5.74) is 0.221. The first kappa shape index (κ1) is 9.56. The number of aliphatic carboxylic acids is 1. The predicted molar refractivity (Wildman–Crippen MR) is 47.9 cm³/mol. The van der Waals surface area contributed by atoms with E-state index in [9.17, 15) is 4.79 Å². The van der Waals surface area contributed by atoms with Crippen molar-refractivity contribution in [1.29, 1.82) is 0 Å². The summed E-state index contributed by atoms with van der Waals surface area (Å²) in [5.74, 6) is 0.397. The van der Waals surface area contributed by atoms with Gasteiger partial charge in [-0.3, -0.25) is 4.79 Å². The molecule has 0 aromatic rings. The highest BCUT2D eigenvalue weighted by atomic mass is 16.4. The van der Waals surface area contributed by atoms with Gasteiger partial charge in [0.1, 0.15) is 0 Å². The van der Waals surface area contributed by atoms with Crippen LogP contribution in [-0.4, -0.2) is 11.1 Å². The highest BCUT2D eigenvalue weighted by molar-refractivity contribution is 5.67. The zero-order valence-electron chi connectivity index (χ0n) is 8.13. The molecule has 0 aromatic carbocycles. The number of carboxylic acid groups (broad SMARTS) is 1. The van der Waals surface area contributed by atoms with Crippen LogP contribution in [0.5, 0.6) is 0 Å². The molecule has 0 saturated heterocycles. The molecule has 0 aromatic heterocycles. The summed E-state index contributed by atoms with van der Waals surface area (Å²) in [5, 5.41) is 8.69. The summed E-state index contributed by atoms with van der Waals surface area (Å²) in [4.78, 5) is 10.5. The Bertz CT molecular complexity index is 184. The summed E-state index contributed by atoms with van der Waals surface area (Å²) in [6.45, 7) is 6.61. The molecule has 1 aliphatic rings. The van der Waals surface area contributed by atoms with Crippen LogP contribution in [0, 0.1) is 17.3 Å². The molecule has 70 valence electrons. The van der Waals surface area contributed by atoms with Gasteiger partial charge in [0.2, 0.25) is 0 Å². The van der Waals surface area contributed by atoms with Crippen molar-refractivity contribution < 1.29 is 9.90 Å². The lowest BCUT2D eigenvalue weighted by Crippen LogP contribution is -2.25. The first-order valence-corrected chi connectivity index (χ1v) is 4.66. The molecule has 12 heavy (non-hydrogen) atoms. The fourth-order valence-electron chi connectivity index (χ4n) is 2.17. The van der Waals surface area contributed by atoms with Crippen LogP contribution in [0.15, 0.2) is 0 Å². The Balaban J connectivity index is 2.62. The summed E-state index contributed by atoms with van der Waals surface area (Å²) >= 11 is 0. The molecule has 2 atom stereocenters. The first-order valence-electron chi connectivity index (χ1n) is 4.66. The van der Waals surface area contributed by atoms with E-state index >= 15 is 0 Å². The van der Waals surface area contributed by atoms with Gasteiger partial charge in [0.05, 0.1) is 0 Å². The van der Waals surface area contributed by atoms with Crippen LogP contribution in [0.2, 0.25) is 0 Å². The number of hydrogen-bond acceptors (Lipinski definition) is 1. The van der Waals surface area contributed by atoms with Crippen LogP contribution in [0.25, 0.3) is 0 Å². The minimum Gasteiger partial charge on any atom is -0.481 e. The Morgan fingerprint density at radius 2 is 2.08 bits per heavy atom. The Kier molecular flexibility index (Phi) is 2.45. The van der Waals surface area contributed by atoms with Gasteiger partial charge in [0.25, 0.3) is 0 Å². The molecular formula is C10H18O2. The molecule has 0 aliphatic heterocycles. The molecule has 1 rings (SSSR count). The molecule has 2 nitrogen and oxygen atoms in total. The molecule has 0 unspecified atom stereocenters. The quantitative estimate of drug-likeness (QED) is 0.691. The van der Waals surface area contributed by atoms with Crippen molar-refractivity contribution in [1.82, 2.24) is 0 Å². The molecule has 1 aliphatic carbocycles. The maximum Gasteiger partial charge on any atom is 0.303 e. The number of hydrogen-bond donors (Lipinski definition) is 1. The lowest BCUT2D eigenvalue weighted by Gasteiger charge is -2.30. The van der Waals surface area contributed by atoms with Gasteiger partial charge in [-0.1, -0.05) is 20.8 Å².